The fourth-order valence-corrected chi connectivity index (χ4v) is 5.69. The molecule has 5 rings (SSSR count). The minimum Gasteiger partial charge on any atom is -0.382 e. The average Bonchev–Trinajstić information content (AvgIpc) is 3.56. The molecular formula is C28H31ClN6O4. The smallest absolute Gasteiger partial charge is 0.382 e. The Labute approximate surface area is 231 Å². The van der Waals surface area contributed by atoms with Gasteiger partial charge in [0.05, 0.1) is 28.4 Å². The summed E-state index contributed by atoms with van der Waals surface area (Å²) in [5, 5.41) is 4.32. The predicted molar refractivity (Wildman–Crippen MR) is 147 cm³/mol. The van der Waals surface area contributed by atoms with Crippen LogP contribution in [0.15, 0.2) is 33.8 Å². The number of aromatic amines is 1. The first-order valence-corrected chi connectivity index (χ1v) is 13.5. The van der Waals surface area contributed by atoms with E-state index in [4.69, 9.17) is 42.0 Å². The van der Waals surface area contributed by atoms with Gasteiger partial charge in [0.25, 0.3) is 0 Å². The fourth-order valence-electron chi connectivity index (χ4n) is 5.51. The number of imidazole rings is 1. The maximum atomic E-state index is 11.7. The topological polar surface area (TPSA) is 121 Å². The Morgan fingerprint density at radius 3 is 2.69 bits per heavy atom. The van der Waals surface area contributed by atoms with Crippen molar-refractivity contribution in [3.05, 3.63) is 45.9 Å². The number of aromatic nitrogens is 6. The number of pyridine rings is 2. The molecule has 0 aliphatic heterocycles. The van der Waals surface area contributed by atoms with Crippen LogP contribution in [-0.4, -0.2) is 50.0 Å². The fraction of sp³-hybridized carbons (Fsp3) is 0.464. The van der Waals surface area contributed by atoms with E-state index in [2.05, 4.69) is 32.5 Å². The molecule has 0 amide bonds. The van der Waals surface area contributed by atoms with Crippen molar-refractivity contribution in [3.8, 4) is 35.1 Å². The molecule has 1 aliphatic carbocycles. The molecule has 2 atom stereocenters. The SMILES string of the molecule is C#CC1CCC(C(C)n2c(C(COC)OCC)nc3cc(-c4noc(=O)[nH]4)nc(-c4cncc(Cl)c4)c32)CC1. The van der Waals surface area contributed by atoms with Crippen LogP contribution in [0.25, 0.3) is 33.8 Å². The van der Waals surface area contributed by atoms with Crippen molar-refractivity contribution < 1.29 is 14.0 Å². The molecule has 0 saturated heterocycles. The molecule has 4 aromatic rings. The van der Waals surface area contributed by atoms with E-state index in [0.29, 0.717) is 52.5 Å². The lowest BCUT2D eigenvalue weighted by atomic mass is 9.79. The molecule has 0 bridgehead atoms. The molecule has 0 spiro atoms. The molecule has 39 heavy (non-hydrogen) atoms. The number of nitrogens with zero attached hydrogens (tertiary/aromatic N) is 5. The highest BCUT2D eigenvalue weighted by atomic mass is 35.5. The summed E-state index contributed by atoms with van der Waals surface area (Å²) < 4.78 is 18.6. The number of fused-ring (bicyclic) bond motifs is 1. The van der Waals surface area contributed by atoms with Crippen molar-refractivity contribution in [1.82, 2.24) is 29.7 Å². The Morgan fingerprint density at radius 2 is 2.05 bits per heavy atom. The van der Waals surface area contributed by atoms with E-state index in [1.807, 2.05) is 6.92 Å². The number of rotatable bonds is 9. The van der Waals surface area contributed by atoms with E-state index in [0.717, 1.165) is 37.0 Å². The van der Waals surface area contributed by atoms with E-state index in [1.165, 1.54) is 0 Å². The van der Waals surface area contributed by atoms with E-state index in [1.54, 1.807) is 31.6 Å². The van der Waals surface area contributed by atoms with Crippen LogP contribution in [0, 0.1) is 24.2 Å². The second-order valence-electron chi connectivity index (χ2n) is 9.82. The lowest BCUT2D eigenvalue weighted by molar-refractivity contribution is -0.00527. The Balaban J connectivity index is 1.77. The molecule has 4 aromatic heterocycles. The molecule has 204 valence electrons. The van der Waals surface area contributed by atoms with Crippen molar-refractivity contribution in [2.75, 3.05) is 20.3 Å². The third-order valence-electron chi connectivity index (χ3n) is 7.43. The first kappa shape index (κ1) is 27.1. The highest BCUT2D eigenvalue weighted by Crippen LogP contribution is 2.41. The maximum Gasteiger partial charge on any atom is 0.439 e. The summed E-state index contributed by atoms with van der Waals surface area (Å²) in [6.07, 6.45) is 12.6. The summed E-state index contributed by atoms with van der Waals surface area (Å²) in [5.41, 5.74) is 3.20. The van der Waals surface area contributed by atoms with Crippen molar-refractivity contribution in [3.63, 3.8) is 0 Å². The van der Waals surface area contributed by atoms with E-state index < -0.39 is 11.9 Å². The Hall–Kier alpha value is -3.52. The third-order valence-corrected chi connectivity index (χ3v) is 7.63. The zero-order valence-electron chi connectivity index (χ0n) is 22.2. The van der Waals surface area contributed by atoms with Gasteiger partial charge in [-0.05, 0) is 57.6 Å². The van der Waals surface area contributed by atoms with Crippen LogP contribution in [0.5, 0.6) is 0 Å². The van der Waals surface area contributed by atoms with Crippen LogP contribution in [0.4, 0.5) is 0 Å². The van der Waals surface area contributed by atoms with Crippen LogP contribution in [0.3, 0.4) is 0 Å². The molecular weight excluding hydrogens is 520 g/mol. The normalized spacial score (nSPS) is 19.2. The first-order valence-electron chi connectivity index (χ1n) is 13.1. The molecule has 1 saturated carbocycles. The number of ether oxygens (including phenoxy) is 2. The largest absolute Gasteiger partial charge is 0.439 e. The Kier molecular flexibility index (Phi) is 8.12. The van der Waals surface area contributed by atoms with Gasteiger partial charge in [-0.1, -0.05) is 16.8 Å². The van der Waals surface area contributed by atoms with Crippen LogP contribution in [0.2, 0.25) is 5.02 Å². The van der Waals surface area contributed by atoms with E-state index >= 15 is 0 Å². The van der Waals surface area contributed by atoms with Gasteiger partial charge in [0.2, 0.25) is 5.82 Å². The maximum absolute atomic E-state index is 11.7. The second-order valence-corrected chi connectivity index (χ2v) is 10.3. The minimum atomic E-state index is -0.670. The molecule has 4 heterocycles. The standard InChI is InChI=1S/C28H31ClN6O4/c1-5-17-7-9-18(10-8-17)16(3)35-25-21(32-27(35)23(15-37-4)38-6-2)12-22(26-33-28(36)39-34-26)31-24(25)19-11-20(29)14-30-13-19/h1,11-14,16-18,23H,6-10,15H2,2-4H3,(H,33,34,36). The molecule has 0 aromatic carbocycles. The molecule has 1 N–H and O–H groups in total. The van der Waals surface area contributed by atoms with Crippen LogP contribution in [-0.2, 0) is 9.47 Å². The zero-order chi connectivity index (χ0) is 27.5. The van der Waals surface area contributed by atoms with Gasteiger partial charge in [-0.15, -0.1) is 12.3 Å². The van der Waals surface area contributed by atoms with Gasteiger partial charge in [-0.3, -0.25) is 14.5 Å². The van der Waals surface area contributed by atoms with Gasteiger partial charge >= 0.3 is 5.76 Å². The summed E-state index contributed by atoms with van der Waals surface area (Å²) in [6, 6.07) is 3.66. The summed E-state index contributed by atoms with van der Waals surface area (Å²) in [5.74, 6) is 3.90. The summed E-state index contributed by atoms with van der Waals surface area (Å²) in [7, 11) is 1.65. The van der Waals surface area contributed by atoms with E-state index in [9.17, 15) is 4.79 Å². The molecule has 10 nitrogen and oxygen atoms in total. The van der Waals surface area contributed by atoms with E-state index in [-0.39, 0.29) is 11.9 Å². The summed E-state index contributed by atoms with van der Waals surface area (Å²) in [6.45, 7) is 4.99. The number of hydrogen-bond donors (Lipinski definition) is 1. The lowest BCUT2D eigenvalue weighted by Crippen LogP contribution is -2.26. The average molecular weight is 551 g/mol. The Bertz CT molecular complexity index is 1540. The number of hydrogen-bond acceptors (Lipinski definition) is 8. The van der Waals surface area contributed by atoms with Gasteiger partial charge in [0.15, 0.2) is 0 Å². The Morgan fingerprint density at radius 1 is 1.26 bits per heavy atom. The second kappa shape index (κ2) is 11.7. The minimum absolute atomic E-state index is 0.0638. The summed E-state index contributed by atoms with van der Waals surface area (Å²) >= 11 is 6.36. The van der Waals surface area contributed by atoms with Crippen molar-refractivity contribution in [2.45, 2.75) is 51.7 Å². The number of halogens is 1. The zero-order valence-corrected chi connectivity index (χ0v) is 22.9. The molecule has 1 fully saturated rings. The van der Waals surface area contributed by atoms with Crippen LogP contribution in [0.1, 0.15) is 57.5 Å². The molecule has 1 aliphatic rings. The predicted octanol–water partition coefficient (Wildman–Crippen LogP) is 5.21. The van der Waals surface area contributed by atoms with Gasteiger partial charge in [0, 0.05) is 43.6 Å². The highest BCUT2D eigenvalue weighted by Gasteiger charge is 2.32. The molecule has 2 unspecified atom stereocenters. The number of nitrogens with one attached hydrogen (secondary N) is 1. The van der Waals surface area contributed by atoms with Crippen molar-refractivity contribution >= 4 is 22.6 Å². The molecule has 11 heteroatoms. The molecule has 0 radical (unpaired) electrons. The third kappa shape index (κ3) is 5.48. The van der Waals surface area contributed by atoms with Gasteiger partial charge < -0.3 is 14.0 Å². The van der Waals surface area contributed by atoms with Gasteiger partial charge in [-0.25, -0.2) is 14.8 Å². The van der Waals surface area contributed by atoms with Crippen LogP contribution < -0.4 is 5.76 Å². The number of terminal acetylenes is 1. The highest BCUT2D eigenvalue weighted by molar-refractivity contribution is 6.30. The quantitative estimate of drug-likeness (QED) is 0.282. The van der Waals surface area contributed by atoms with Gasteiger partial charge in [-0.2, -0.15) is 0 Å². The van der Waals surface area contributed by atoms with Gasteiger partial charge in [0.1, 0.15) is 17.6 Å². The monoisotopic (exact) mass is 550 g/mol. The number of H-pyrrole nitrogens is 1. The summed E-state index contributed by atoms with van der Waals surface area (Å²) in [4.78, 5) is 28.6. The van der Waals surface area contributed by atoms with Crippen LogP contribution >= 0.6 is 11.6 Å². The lowest BCUT2D eigenvalue weighted by Gasteiger charge is -2.33. The number of methoxy groups -OCH3 is 1. The first-order chi connectivity index (χ1) is 18.9. The van der Waals surface area contributed by atoms with Crippen molar-refractivity contribution in [2.24, 2.45) is 11.8 Å². The van der Waals surface area contributed by atoms with Crippen molar-refractivity contribution in [1.29, 1.82) is 0 Å².